The van der Waals surface area contributed by atoms with E-state index in [9.17, 15) is 18.4 Å². The van der Waals surface area contributed by atoms with Gasteiger partial charge in [-0.3, -0.25) is 14.5 Å². The summed E-state index contributed by atoms with van der Waals surface area (Å²) in [5, 5.41) is 2.63. The maximum atomic E-state index is 13.6. The van der Waals surface area contributed by atoms with Crippen molar-refractivity contribution in [1.29, 1.82) is 0 Å². The Kier molecular flexibility index (Phi) is 4.61. The average Bonchev–Trinajstić information content (AvgIpc) is 2.85. The van der Waals surface area contributed by atoms with E-state index in [0.717, 1.165) is 28.7 Å². The van der Waals surface area contributed by atoms with Crippen LogP contribution in [-0.4, -0.2) is 23.3 Å². The molecule has 0 saturated carbocycles. The largest absolute Gasteiger partial charge is 0.351 e. The molecule has 3 rings (SSSR count). The molecule has 1 aliphatic heterocycles. The average molecular weight is 342 g/mol. The highest BCUT2D eigenvalue weighted by Gasteiger charge is 2.31. The van der Waals surface area contributed by atoms with E-state index in [1.165, 1.54) is 6.92 Å². The summed E-state index contributed by atoms with van der Waals surface area (Å²) in [7, 11) is 0. The lowest BCUT2D eigenvalue weighted by atomic mass is 10.1. The van der Waals surface area contributed by atoms with Gasteiger partial charge in [0.25, 0.3) is 11.8 Å². The third-order valence-electron chi connectivity index (χ3n) is 4.04. The monoisotopic (exact) mass is 342 g/mol. The number of amides is 2. The van der Waals surface area contributed by atoms with E-state index in [1.54, 1.807) is 0 Å². The molecule has 0 unspecified atom stereocenters. The Hall–Kier alpha value is -3.02. The fraction of sp³-hybridized carbons (Fsp3) is 0.158. The molecule has 0 saturated heterocycles. The minimum absolute atomic E-state index is 0.000662. The molecule has 128 valence electrons. The van der Waals surface area contributed by atoms with Crippen LogP contribution in [0, 0.1) is 18.6 Å². The van der Waals surface area contributed by atoms with Gasteiger partial charge in [-0.05, 0) is 31.0 Å². The number of nitrogens with one attached hydrogen (secondary N) is 1. The summed E-state index contributed by atoms with van der Waals surface area (Å²) < 4.78 is 27.2. The molecule has 2 aromatic carbocycles. The summed E-state index contributed by atoms with van der Waals surface area (Å²) in [6, 6.07) is 11.7. The molecule has 0 bridgehead atoms. The van der Waals surface area contributed by atoms with Crippen LogP contribution in [0.25, 0.3) is 0 Å². The predicted octanol–water partition coefficient (Wildman–Crippen LogP) is 3.18. The third-order valence-corrected chi connectivity index (χ3v) is 4.04. The number of carbonyl (C=O) groups excluding carboxylic acids is 2. The minimum atomic E-state index is -0.721. The van der Waals surface area contributed by atoms with Crippen molar-refractivity contribution in [1.82, 2.24) is 4.90 Å². The lowest BCUT2D eigenvalue weighted by Crippen LogP contribution is -2.33. The van der Waals surface area contributed by atoms with Gasteiger partial charge >= 0.3 is 0 Å². The van der Waals surface area contributed by atoms with Gasteiger partial charge in [0.05, 0.1) is 0 Å². The maximum absolute atomic E-state index is 13.6. The van der Waals surface area contributed by atoms with Crippen LogP contribution in [0.1, 0.15) is 11.1 Å². The van der Waals surface area contributed by atoms with Gasteiger partial charge in [-0.2, -0.15) is 0 Å². The summed E-state index contributed by atoms with van der Waals surface area (Å²) in [4.78, 5) is 25.5. The second-order valence-corrected chi connectivity index (χ2v) is 5.78. The Labute approximate surface area is 143 Å². The first kappa shape index (κ1) is 16.8. The van der Waals surface area contributed by atoms with E-state index in [-0.39, 0.29) is 23.5 Å². The van der Waals surface area contributed by atoms with Gasteiger partial charge < -0.3 is 5.32 Å². The molecule has 25 heavy (non-hydrogen) atoms. The number of carbonyl (C=O) groups is 2. The van der Waals surface area contributed by atoms with Crippen LogP contribution >= 0.6 is 0 Å². The Balaban J connectivity index is 1.69. The molecule has 4 nitrogen and oxygen atoms in total. The Morgan fingerprint density at radius 3 is 2.32 bits per heavy atom. The lowest BCUT2D eigenvalue weighted by molar-refractivity contribution is -0.137. The smallest absolute Gasteiger partial charge is 0.277 e. The molecule has 0 fully saturated rings. The predicted molar refractivity (Wildman–Crippen MR) is 89.7 cm³/mol. The van der Waals surface area contributed by atoms with Gasteiger partial charge in [0.2, 0.25) is 0 Å². The second-order valence-electron chi connectivity index (χ2n) is 5.78. The van der Waals surface area contributed by atoms with Gasteiger partial charge in [-0.25, -0.2) is 8.78 Å². The standard InChI is InChI=1S/C19H16F2N2O2/c1-12-15(20)9-14(10-16(12)21)22-17-11-18(24)23(19(17)25)8-7-13-5-3-2-4-6-13/h2-6,9-11,22H,7-8H2,1H3. The first-order chi connectivity index (χ1) is 12.0. The van der Waals surface area contributed by atoms with Gasteiger partial charge in [0.15, 0.2) is 0 Å². The second kappa shape index (κ2) is 6.84. The number of hydrogen-bond acceptors (Lipinski definition) is 3. The summed E-state index contributed by atoms with van der Waals surface area (Å²) in [5.41, 5.74) is 0.989. The molecule has 2 aromatic rings. The Morgan fingerprint density at radius 2 is 1.68 bits per heavy atom. The number of rotatable bonds is 5. The van der Waals surface area contributed by atoms with Crippen molar-refractivity contribution in [2.45, 2.75) is 13.3 Å². The van der Waals surface area contributed by atoms with Crippen LogP contribution in [-0.2, 0) is 16.0 Å². The van der Waals surface area contributed by atoms with Crippen LogP contribution < -0.4 is 5.32 Å². The number of hydrogen-bond donors (Lipinski definition) is 1. The van der Waals surface area contributed by atoms with Crippen LogP contribution in [0.4, 0.5) is 14.5 Å². The first-order valence-corrected chi connectivity index (χ1v) is 7.80. The number of nitrogens with zero attached hydrogens (tertiary/aromatic N) is 1. The zero-order valence-electron chi connectivity index (χ0n) is 13.6. The van der Waals surface area contributed by atoms with Crippen LogP contribution in [0.15, 0.2) is 54.2 Å². The van der Waals surface area contributed by atoms with Crippen molar-refractivity contribution in [3.05, 3.63) is 77.0 Å². The van der Waals surface area contributed by atoms with E-state index in [1.807, 2.05) is 30.3 Å². The van der Waals surface area contributed by atoms with Crippen LogP contribution in [0.3, 0.4) is 0 Å². The lowest BCUT2D eigenvalue weighted by Gasteiger charge is -2.15. The van der Waals surface area contributed by atoms with Gasteiger partial charge in [-0.1, -0.05) is 30.3 Å². The van der Waals surface area contributed by atoms with Gasteiger partial charge in [0, 0.05) is 23.9 Å². The Morgan fingerprint density at radius 1 is 1.04 bits per heavy atom. The summed E-state index contributed by atoms with van der Waals surface area (Å²) in [5.74, 6) is -2.40. The van der Waals surface area contributed by atoms with E-state index in [0.29, 0.717) is 6.42 Å². The van der Waals surface area contributed by atoms with Crippen LogP contribution in [0.2, 0.25) is 0 Å². The van der Waals surface area contributed by atoms with Gasteiger partial charge in [-0.15, -0.1) is 0 Å². The highest BCUT2D eigenvalue weighted by molar-refractivity contribution is 6.17. The number of benzene rings is 2. The molecule has 0 atom stereocenters. The number of anilines is 1. The van der Waals surface area contributed by atoms with Crippen molar-refractivity contribution in [3.8, 4) is 0 Å². The van der Waals surface area contributed by atoms with E-state index in [4.69, 9.17) is 0 Å². The molecule has 2 amide bonds. The Bertz CT molecular complexity index is 840. The SMILES string of the molecule is Cc1c(F)cc(NC2=CC(=O)N(CCc3ccccc3)C2=O)cc1F. The quantitative estimate of drug-likeness (QED) is 0.849. The molecule has 6 heteroatoms. The number of imide groups is 1. The number of halogens is 2. The van der Waals surface area contributed by atoms with Gasteiger partial charge in [0.1, 0.15) is 17.3 Å². The molecule has 1 N–H and O–H groups in total. The summed E-state index contributed by atoms with van der Waals surface area (Å²) in [6.07, 6.45) is 1.68. The van der Waals surface area contributed by atoms with Crippen molar-refractivity contribution in [3.63, 3.8) is 0 Å². The highest BCUT2D eigenvalue weighted by atomic mass is 19.1. The molecule has 0 spiro atoms. The van der Waals surface area contributed by atoms with E-state index in [2.05, 4.69) is 5.32 Å². The minimum Gasteiger partial charge on any atom is -0.351 e. The van der Waals surface area contributed by atoms with Crippen molar-refractivity contribution >= 4 is 17.5 Å². The van der Waals surface area contributed by atoms with Crippen LogP contribution in [0.5, 0.6) is 0 Å². The topological polar surface area (TPSA) is 49.4 Å². The first-order valence-electron chi connectivity index (χ1n) is 7.80. The molecule has 0 aromatic heterocycles. The zero-order chi connectivity index (χ0) is 18.0. The summed E-state index contributed by atoms with van der Waals surface area (Å²) >= 11 is 0. The molecule has 1 aliphatic rings. The summed E-state index contributed by atoms with van der Waals surface area (Å²) in [6.45, 7) is 1.56. The molecule has 1 heterocycles. The maximum Gasteiger partial charge on any atom is 0.277 e. The highest BCUT2D eigenvalue weighted by Crippen LogP contribution is 2.22. The molecule has 0 radical (unpaired) electrons. The van der Waals surface area contributed by atoms with Crippen molar-refractivity contribution < 1.29 is 18.4 Å². The fourth-order valence-electron chi connectivity index (χ4n) is 2.57. The van der Waals surface area contributed by atoms with E-state index >= 15 is 0 Å². The van der Waals surface area contributed by atoms with E-state index < -0.39 is 23.4 Å². The molecule has 0 aliphatic carbocycles. The normalized spacial score (nSPS) is 14.0. The third kappa shape index (κ3) is 3.57. The van der Waals surface area contributed by atoms with Crippen molar-refractivity contribution in [2.75, 3.05) is 11.9 Å². The fourth-order valence-corrected chi connectivity index (χ4v) is 2.57. The van der Waals surface area contributed by atoms with Crippen molar-refractivity contribution in [2.24, 2.45) is 0 Å². The molecular weight excluding hydrogens is 326 g/mol. The zero-order valence-corrected chi connectivity index (χ0v) is 13.6. The molecular formula is C19H16F2N2O2.